The number of rotatable bonds is 8. The first kappa shape index (κ1) is 19.5. The van der Waals surface area contributed by atoms with Gasteiger partial charge in [0.25, 0.3) is 5.91 Å². The van der Waals surface area contributed by atoms with Crippen molar-refractivity contribution in [2.75, 3.05) is 11.9 Å². The molecule has 0 saturated carbocycles. The minimum Gasteiger partial charge on any atom is -0.484 e. The summed E-state index contributed by atoms with van der Waals surface area (Å²) in [6, 6.07) is 8.91. The van der Waals surface area contributed by atoms with E-state index in [-0.39, 0.29) is 24.5 Å². The van der Waals surface area contributed by atoms with Crippen LogP contribution >= 0.6 is 0 Å². The van der Waals surface area contributed by atoms with Crippen molar-refractivity contribution in [1.82, 2.24) is 15.1 Å². The topological polar surface area (TPSA) is 85.2 Å². The Bertz CT molecular complexity index is 770. The Labute approximate surface area is 153 Å². The number of nitrogens with one attached hydrogen (secondary N) is 2. The van der Waals surface area contributed by atoms with Gasteiger partial charge in [0, 0.05) is 29.9 Å². The van der Waals surface area contributed by atoms with Crippen LogP contribution in [0.5, 0.6) is 5.75 Å². The van der Waals surface area contributed by atoms with E-state index in [0.29, 0.717) is 24.4 Å². The van der Waals surface area contributed by atoms with Crippen molar-refractivity contribution >= 4 is 17.5 Å². The van der Waals surface area contributed by atoms with Crippen LogP contribution in [0.4, 0.5) is 5.69 Å². The molecule has 1 aromatic carbocycles. The minimum absolute atomic E-state index is 0.0701. The van der Waals surface area contributed by atoms with E-state index in [4.69, 9.17) is 4.74 Å². The van der Waals surface area contributed by atoms with Gasteiger partial charge in [0.2, 0.25) is 5.91 Å². The standard InChI is InChI=1S/C19H26N4O3/c1-5-18(24)21-16-7-6-8-17(10-16)26-12-19(25)20-14(3)11-23-15(4)9-13(2)22-23/h6-10,14H,5,11-12H2,1-4H3,(H,20,25)(H,21,24)/t14-/m0/s1. The van der Waals surface area contributed by atoms with Gasteiger partial charge in [-0.25, -0.2) is 0 Å². The molecule has 2 aromatic rings. The summed E-state index contributed by atoms with van der Waals surface area (Å²) < 4.78 is 7.39. The monoisotopic (exact) mass is 358 g/mol. The van der Waals surface area contributed by atoms with Crippen LogP contribution < -0.4 is 15.4 Å². The average molecular weight is 358 g/mol. The molecule has 0 aliphatic carbocycles. The van der Waals surface area contributed by atoms with Crippen molar-refractivity contribution in [3.8, 4) is 5.75 Å². The van der Waals surface area contributed by atoms with Crippen molar-refractivity contribution in [3.05, 3.63) is 41.7 Å². The fourth-order valence-electron chi connectivity index (χ4n) is 2.54. The Morgan fingerprint density at radius 1 is 1.23 bits per heavy atom. The number of anilines is 1. The average Bonchev–Trinajstić information content (AvgIpc) is 2.90. The van der Waals surface area contributed by atoms with Gasteiger partial charge < -0.3 is 15.4 Å². The molecule has 7 heteroatoms. The lowest BCUT2D eigenvalue weighted by Crippen LogP contribution is -2.38. The quantitative estimate of drug-likeness (QED) is 0.759. The highest BCUT2D eigenvalue weighted by Crippen LogP contribution is 2.17. The lowest BCUT2D eigenvalue weighted by molar-refractivity contribution is -0.123. The Balaban J connectivity index is 1.82. The zero-order chi connectivity index (χ0) is 19.1. The Kier molecular flexibility index (Phi) is 6.77. The van der Waals surface area contributed by atoms with E-state index in [1.54, 1.807) is 31.2 Å². The van der Waals surface area contributed by atoms with Crippen LogP contribution in [-0.2, 0) is 16.1 Å². The molecular weight excluding hydrogens is 332 g/mol. The third-order valence-corrected chi connectivity index (χ3v) is 3.77. The van der Waals surface area contributed by atoms with Gasteiger partial charge in [-0.2, -0.15) is 5.10 Å². The fourth-order valence-corrected chi connectivity index (χ4v) is 2.54. The number of benzene rings is 1. The number of ether oxygens (including phenoxy) is 1. The number of nitrogens with zero attached hydrogens (tertiary/aromatic N) is 2. The summed E-state index contributed by atoms with van der Waals surface area (Å²) in [7, 11) is 0. The molecular formula is C19H26N4O3. The number of carbonyl (C=O) groups is 2. The second kappa shape index (κ2) is 9.03. The van der Waals surface area contributed by atoms with Crippen molar-refractivity contribution in [1.29, 1.82) is 0 Å². The molecule has 0 spiro atoms. The van der Waals surface area contributed by atoms with E-state index in [1.807, 2.05) is 31.5 Å². The molecule has 0 unspecified atom stereocenters. The second-order valence-electron chi connectivity index (χ2n) is 6.30. The number of amides is 2. The fraction of sp³-hybridized carbons (Fsp3) is 0.421. The summed E-state index contributed by atoms with van der Waals surface area (Å²) in [5, 5.41) is 10.0. The summed E-state index contributed by atoms with van der Waals surface area (Å²) in [6.45, 7) is 8.15. The Morgan fingerprint density at radius 3 is 2.65 bits per heavy atom. The van der Waals surface area contributed by atoms with Crippen LogP contribution in [0.25, 0.3) is 0 Å². The van der Waals surface area contributed by atoms with E-state index in [0.717, 1.165) is 11.4 Å². The van der Waals surface area contributed by atoms with Crippen molar-refractivity contribution in [2.45, 2.75) is 46.7 Å². The molecule has 26 heavy (non-hydrogen) atoms. The van der Waals surface area contributed by atoms with Crippen LogP contribution in [0.3, 0.4) is 0 Å². The number of carbonyl (C=O) groups excluding carboxylic acids is 2. The molecule has 0 bridgehead atoms. The lowest BCUT2D eigenvalue weighted by atomic mass is 10.3. The molecule has 7 nitrogen and oxygen atoms in total. The predicted octanol–water partition coefficient (Wildman–Crippen LogP) is 2.43. The zero-order valence-electron chi connectivity index (χ0n) is 15.7. The molecule has 140 valence electrons. The van der Waals surface area contributed by atoms with Crippen molar-refractivity contribution in [3.63, 3.8) is 0 Å². The normalized spacial score (nSPS) is 11.7. The van der Waals surface area contributed by atoms with Gasteiger partial charge in [0.1, 0.15) is 5.75 Å². The molecule has 0 aliphatic heterocycles. The number of hydrogen-bond acceptors (Lipinski definition) is 4. The molecule has 2 N–H and O–H groups in total. The molecule has 0 aliphatic rings. The largest absolute Gasteiger partial charge is 0.484 e. The Morgan fingerprint density at radius 2 is 2.00 bits per heavy atom. The van der Waals surface area contributed by atoms with Crippen LogP contribution in [0.2, 0.25) is 0 Å². The smallest absolute Gasteiger partial charge is 0.258 e. The summed E-state index contributed by atoms with van der Waals surface area (Å²) in [6.07, 6.45) is 0.403. The van der Waals surface area contributed by atoms with Crippen LogP contribution in [0, 0.1) is 13.8 Å². The van der Waals surface area contributed by atoms with E-state index in [1.165, 1.54) is 0 Å². The molecule has 0 radical (unpaired) electrons. The molecule has 0 fully saturated rings. The SMILES string of the molecule is CCC(=O)Nc1cccc(OCC(=O)N[C@@H](C)Cn2nc(C)cc2C)c1. The third kappa shape index (κ3) is 5.91. The van der Waals surface area contributed by atoms with E-state index < -0.39 is 0 Å². The van der Waals surface area contributed by atoms with Gasteiger partial charge in [-0.05, 0) is 39.0 Å². The summed E-state index contributed by atoms with van der Waals surface area (Å²) in [5.74, 6) is 0.250. The highest BCUT2D eigenvalue weighted by atomic mass is 16.5. The summed E-state index contributed by atoms with van der Waals surface area (Å²) in [4.78, 5) is 23.5. The van der Waals surface area contributed by atoms with E-state index in [2.05, 4.69) is 15.7 Å². The molecule has 1 atom stereocenters. The molecule has 1 heterocycles. The molecule has 0 saturated heterocycles. The third-order valence-electron chi connectivity index (χ3n) is 3.77. The Hall–Kier alpha value is -2.83. The van der Waals surface area contributed by atoms with Gasteiger partial charge in [-0.3, -0.25) is 14.3 Å². The molecule has 2 amide bonds. The van der Waals surface area contributed by atoms with Gasteiger partial charge >= 0.3 is 0 Å². The highest BCUT2D eigenvalue weighted by Gasteiger charge is 2.11. The van der Waals surface area contributed by atoms with Gasteiger partial charge in [-0.1, -0.05) is 13.0 Å². The van der Waals surface area contributed by atoms with Gasteiger partial charge in [0.15, 0.2) is 6.61 Å². The predicted molar refractivity (Wildman–Crippen MR) is 100 cm³/mol. The van der Waals surface area contributed by atoms with Gasteiger partial charge in [-0.15, -0.1) is 0 Å². The maximum atomic E-state index is 12.1. The van der Waals surface area contributed by atoms with Crippen LogP contribution in [0.1, 0.15) is 31.7 Å². The van der Waals surface area contributed by atoms with E-state index >= 15 is 0 Å². The first-order chi connectivity index (χ1) is 12.4. The molecule has 1 aromatic heterocycles. The second-order valence-corrected chi connectivity index (χ2v) is 6.30. The number of hydrogen-bond donors (Lipinski definition) is 2. The van der Waals surface area contributed by atoms with Crippen LogP contribution in [0.15, 0.2) is 30.3 Å². The first-order valence-electron chi connectivity index (χ1n) is 8.70. The highest BCUT2D eigenvalue weighted by molar-refractivity contribution is 5.90. The summed E-state index contributed by atoms with van der Waals surface area (Å²) in [5.41, 5.74) is 2.66. The summed E-state index contributed by atoms with van der Waals surface area (Å²) >= 11 is 0. The van der Waals surface area contributed by atoms with Gasteiger partial charge in [0.05, 0.1) is 12.2 Å². The van der Waals surface area contributed by atoms with Crippen molar-refractivity contribution in [2.24, 2.45) is 0 Å². The zero-order valence-corrected chi connectivity index (χ0v) is 15.7. The first-order valence-corrected chi connectivity index (χ1v) is 8.70. The number of aryl methyl sites for hydroxylation is 2. The van der Waals surface area contributed by atoms with E-state index in [9.17, 15) is 9.59 Å². The van der Waals surface area contributed by atoms with Crippen LogP contribution in [-0.4, -0.2) is 34.2 Å². The minimum atomic E-state index is -0.206. The van der Waals surface area contributed by atoms with Crippen molar-refractivity contribution < 1.29 is 14.3 Å². The molecule has 2 rings (SSSR count). The number of aromatic nitrogens is 2. The maximum absolute atomic E-state index is 12.1. The lowest BCUT2D eigenvalue weighted by Gasteiger charge is -2.15. The maximum Gasteiger partial charge on any atom is 0.258 e.